The summed E-state index contributed by atoms with van der Waals surface area (Å²) >= 11 is 13.1. The average Bonchev–Trinajstić information content (AvgIpc) is 3.02. The van der Waals surface area contributed by atoms with E-state index < -0.39 is 3.64 Å². The van der Waals surface area contributed by atoms with Gasteiger partial charge in [0, 0.05) is 0 Å². The molecule has 0 heterocycles. The van der Waals surface area contributed by atoms with Crippen molar-refractivity contribution in [1.82, 2.24) is 0 Å². The summed E-state index contributed by atoms with van der Waals surface area (Å²) in [4.78, 5) is 0. The lowest BCUT2D eigenvalue weighted by Crippen LogP contribution is -1.86. The van der Waals surface area contributed by atoms with Crippen LogP contribution in [0.1, 0.15) is 233 Å². The molecule has 0 aliphatic heterocycles. The molecule has 0 bridgehead atoms. The van der Waals surface area contributed by atoms with E-state index in [1.54, 1.807) is 0 Å². The van der Waals surface area contributed by atoms with Crippen molar-refractivity contribution >= 4 is 49.6 Å². The Labute approximate surface area is 297 Å². The van der Waals surface area contributed by atoms with E-state index in [0.29, 0.717) is 0 Å². The molecule has 0 amide bonds. The maximum absolute atomic E-state index is 6.44. The van der Waals surface area contributed by atoms with Crippen LogP contribution in [0.3, 0.4) is 0 Å². The molecule has 0 unspecified atom stereocenters. The highest BCUT2D eigenvalue weighted by atomic mass is 33.5. The van der Waals surface area contributed by atoms with E-state index in [2.05, 4.69) is 54.9 Å². The molecule has 44 heavy (non-hydrogen) atoms. The molecular weight excluding hydrogens is 628 g/mol. The highest BCUT2D eigenvalue weighted by molar-refractivity contribution is 9.23. The van der Waals surface area contributed by atoms with Crippen molar-refractivity contribution in [2.75, 3.05) is 17.3 Å². The van der Waals surface area contributed by atoms with E-state index >= 15 is 0 Å². The van der Waals surface area contributed by atoms with E-state index in [0.717, 1.165) is 0 Å². The van der Waals surface area contributed by atoms with Crippen LogP contribution in [0, 0.1) is 0 Å². The standard InChI is InChI=1S/C39H81PS4/c1-4-7-10-13-16-19-22-25-28-31-34-37-42-40(41,43-38-35-32-29-26-23-20-17-14-11-8-5-2)44-39-36-33-30-27-24-21-18-15-12-9-6-3/h4-39H2,1-3H3. The maximum atomic E-state index is 6.44. The summed E-state index contributed by atoms with van der Waals surface area (Å²) < 4.78 is -1.38. The van der Waals surface area contributed by atoms with E-state index in [9.17, 15) is 0 Å². The SMILES string of the molecule is CCCCCCCCCCCCCSP(=S)(SCCCCCCCCCCCCC)SCCCCCCCCCCCCC. The van der Waals surface area contributed by atoms with Gasteiger partial charge in [0.15, 0.2) is 0 Å². The Balaban J connectivity index is 4.07. The molecule has 0 aromatic heterocycles. The van der Waals surface area contributed by atoms with Gasteiger partial charge in [-0.15, -0.1) is 34.1 Å². The van der Waals surface area contributed by atoms with E-state index in [-0.39, 0.29) is 0 Å². The van der Waals surface area contributed by atoms with Crippen molar-refractivity contribution in [3.8, 4) is 0 Å². The van der Waals surface area contributed by atoms with Gasteiger partial charge in [-0.2, -0.15) is 0 Å². The fourth-order valence-corrected chi connectivity index (χ4v) is 19.7. The minimum atomic E-state index is -1.38. The molecule has 0 aliphatic carbocycles. The second-order valence-electron chi connectivity index (χ2n) is 13.6. The number of rotatable bonds is 39. The van der Waals surface area contributed by atoms with Gasteiger partial charge in [-0.3, -0.25) is 0 Å². The van der Waals surface area contributed by atoms with Crippen molar-refractivity contribution in [1.29, 1.82) is 0 Å². The van der Waals surface area contributed by atoms with Gasteiger partial charge in [0.2, 0.25) is 0 Å². The van der Waals surface area contributed by atoms with Gasteiger partial charge < -0.3 is 0 Å². The number of hydrogen-bond donors (Lipinski definition) is 0. The topological polar surface area (TPSA) is 0 Å². The summed E-state index contributed by atoms with van der Waals surface area (Å²) in [6, 6.07) is 0. The molecular formula is C39H81PS4. The van der Waals surface area contributed by atoms with E-state index in [1.165, 1.54) is 229 Å². The van der Waals surface area contributed by atoms with Crippen molar-refractivity contribution < 1.29 is 0 Å². The Hall–Kier alpha value is 1.70. The van der Waals surface area contributed by atoms with Crippen LogP contribution in [0.4, 0.5) is 0 Å². The molecule has 0 aliphatic rings. The Morgan fingerprint density at radius 3 is 0.614 bits per heavy atom. The third-order valence-corrected chi connectivity index (χ3v) is 24.4. The second kappa shape index (κ2) is 39.1. The lowest BCUT2D eigenvalue weighted by molar-refractivity contribution is 0.555. The highest BCUT2D eigenvalue weighted by Gasteiger charge is 2.18. The first-order chi connectivity index (χ1) is 21.7. The molecule has 0 saturated carbocycles. The van der Waals surface area contributed by atoms with Crippen LogP contribution in [0.2, 0.25) is 0 Å². The van der Waals surface area contributed by atoms with Crippen LogP contribution < -0.4 is 0 Å². The summed E-state index contributed by atoms with van der Waals surface area (Å²) in [5, 5.41) is 0. The van der Waals surface area contributed by atoms with Crippen molar-refractivity contribution in [2.24, 2.45) is 0 Å². The van der Waals surface area contributed by atoms with Crippen LogP contribution in [0.25, 0.3) is 0 Å². The Morgan fingerprint density at radius 2 is 0.432 bits per heavy atom. The minimum Gasteiger partial charge on any atom is -0.104 e. The Morgan fingerprint density at radius 1 is 0.273 bits per heavy atom. The van der Waals surface area contributed by atoms with Crippen LogP contribution in [0.5, 0.6) is 0 Å². The highest BCUT2D eigenvalue weighted by Crippen LogP contribution is 2.78. The lowest BCUT2D eigenvalue weighted by atomic mass is 10.1. The third-order valence-electron chi connectivity index (χ3n) is 8.99. The molecule has 0 fully saturated rings. The molecule has 0 rings (SSSR count). The van der Waals surface area contributed by atoms with Crippen molar-refractivity contribution in [3.05, 3.63) is 0 Å². The van der Waals surface area contributed by atoms with Crippen molar-refractivity contribution in [2.45, 2.75) is 233 Å². The number of hydrogen-bond acceptors (Lipinski definition) is 4. The van der Waals surface area contributed by atoms with E-state index in [1.807, 2.05) is 0 Å². The molecule has 0 radical (unpaired) electrons. The van der Waals surface area contributed by atoms with Crippen LogP contribution in [-0.4, -0.2) is 17.3 Å². The van der Waals surface area contributed by atoms with Crippen molar-refractivity contribution in [3.63, 3.8) is 0 Å². The van der Waals surface area contributed by atoms with Gasteiger partial charge in [-0.25, -0.2) is 0 Å². The number of unbranched alkanes of at least 4 members (excludes halogenated alkanes) is 30. The fourth-order valence-electron chi connectivity index (χ4n) is 5.94. The Bertz CT molecular complexity index is 494. The maximum Gasteiger partial charge on any atom is 0.109 e. The predicted octanol–water partition coefficient (Wildman–Crippen LogP) is 17.3. The average molecular weight is 709 g/mol. The second-order valence-corrected chi connectivity index (χ2v) is 29.5. The summed E-state index contributed by atoms with van der Waals surface area (Å²) in [6.45, 7) is 6.94. The lowest BCUT2D eigenvalue weighted by Gasteiger charge is -2.20. The third kappa shape index (κ3) is 36.5. The summed E-state index contributed by atoms with van der Waals surface area (Å²) in [5.74, 6) is 3.93. The van der Waals surface area contributed by atoms with E-state index in [4.69, 9.17) is 11.8 Å². The Kier molecular flexibility index (Phi) is 40.7. The quantitative estimate of drug-likeness (QED) is 0.0460. The smallest absolute Gasteiger partial charge is 0.104 e. The van der Waals surface area contributed by atoms with Gasteiger partial charge in [-0.1, -0.05) is 225 Å². The van der Waals surface area contributed by atoms with Gasteiger partial charge in [-0.05, 0) is 36.5 Å². The first-order valence-electron chi connectivity index (χ1n) is 20.2. The molecule has 266 valence electrons. The van der Waals surface area contributed by atoms with Crippen LogP contribution >= 0.6 is 37.8 Å². The molecule has 0 aromatic rings. The molecule has 0 N–H and O–H groups in total. The van der Waals surface area contributed by atoms with Crippen LogP contribution in [0.15, 0.2) is 0 Å². The normalized spacial score (nSPS) is 12.0. The summed E-state index contributed by atoms with van der Waals surface area (Å²) in [7, 11) is 0. The molecule has 0 aromatic carbocycles. The molecule has 0 nitrogen and oxygen atoms in total. The molecule has 5 heteroatoms. The largest absolute Gasteiger partial charge is 0.109 e. The zero-order valence-corrected chi connectivity index (χ0v) is 34.7. The van der Waals surface area contributed by atoms with Gasteiger partial charge in [0.05, 0.1) is 0 Å². The first-order valence-corrected chi connectivity index (χ1v) is 27.8. The monoisotopic (exact) mass is 708 g/mol. The first kappa shape index (κ1) is 45.7. The minimum absolute atomic E-state index is 1.31. The summed E-state index contributed by atoms with van der Waals surface area (Å²) in [5.41, 5.74) is 0. The van der Waals surface area contributed by atoms with Gasteiger partial charge in [0.25, 0.3) is 0 Å². The van der Waals surface area contributed by atoms with Gasteiger partial charge >= 0.3 is 0 Å². The zero-order chi connectivity index (χ0) is 32.1. The predicted molar refractivity (Wildman–Crippen MR) is 221 cm³/mol. The fraction of sp³-hybridized carbons (Fsp3) is 1.00. The molecule has 0 saturated heterocycles. The zero-order valence-electron chi connectivity index (χ0n) is 30.5. The summed E-state index contributed by atoms with van der Waals surface area (Å²) in [6.07, 6.45) is 47.4. The molecule has 0 atom stereocenters. The van der Waals surface area contributed by atoms with Gasteiger partial charge in [0.1, 0.15) is 3.64 Å². The van der Waals surface area contributed by atoms with Crippen LogP contribution in [-0.2, 0) is 11.8 Å². The molecule has 0 spiro atoms.